The molecule has 24 heavy (non-hydrogen) atoms. The minimum Gasteiger partial charge on any atom is -0.352 e. The molecule has 1 amide bonds. The van der Waals surface area contributed by atoms with Crippen molar-refractivity contribution in [3.8, 4) is 0 Å². The first-order chi connectivity index (χ1) is 11.1. The summed E-state index contributed by atoms with van der Waals surface area (Å²) in [6.07, 6.45) is 3.24. The van der Waals surface area contributed by atoms with Crippen molar-refractivity contribution in [3.05, 3.63) is 35.4 Å². The lowest BCUT2D eigenvalue weighted by Crippen LogP contribution is -2.39. The second kappa shape index (κ2) is 13.0. The van der Waals surface area contributed by atoms with Crippen LogP contribution >= 0.6 is 24.0 Å². The van der Waals surface area contributed by atoms with Crippen LogP contribution in [0.3, 0.4) is 0 Å². The molecule has 5 nitrogen and oxygen atoms in total. The SMILES string of the molecule is CCCCN(C)C(=NC)NCc1cccc(C(=O)NCCC)c1.I. The molecule has 0 saturated carbocycles. The number of hydrogen-bond donors (Lipinski definition) is 2. The normalized spacial score (nSPS) is 10.8. The standard InChI is InChI=1S/C18H30N4O.HI/c1-5-7-12-22(4)18(19-3)21-14-15-9-8-10-16(13-15)17(23)20-11-6-2;/h8-10,13H,5-7,11-12,14H2,1-4H3,(H,19,21)(H,20,23);1H. The van der Waals surface area contributed by atoms with Gasteiger partial charge in [0, 0.05) is 39.3 Å². The summed E-state index contributed by atoms with van der Waals surface area (Å²) in [5, 5.41) is 6.25. The predicted molar refractivity (Wildman–Crippen MR) is 112 cm³/mol. The third-order valence-corrected chi connectivity index (χ3v) is 3.60. The number of nitrogens with zero attached hydrogens (tertiary/aromatic N) is 2. The van der Waals surface area contributed by atoms with E-state index in [0.717, 1.165) is 37.3 Å². The Morgan fingerprint density at radius 2 is 1.96 bits per heavy atom. The summed E-state index contributed by atoms with van der Waals surface area (Å²) in [4.78, 5) is 18.4. The van der Waals surface area contributed by atoms with Crippen molar-refractivity contribution >= 4 is 35.8 Å². The lowest BCUT2D eigenvalue weighted by Gasteiger charge is -2.22. The highest BCUT2D eigenvalue weighted by atomic mass is 127. The summed E-state index contributed by atoms with van der Waals surface area (Å²) < 4.78 is 0. The molecule has 136 valence electrons. The Hall–Kier alpha value is -1.31. The zero-order chi connectivity index (χ0) is 17.1. The van der Waals surface area contributed by atoms with Gasteiger partial charge in [-0.1, -0.05) is 32.4 Å². The van der Waals surface area contributed by atoms with Crippen LogP contribution in [0.1, 0.15) is 49.0 Å². The summed E-state index contributed by atoms with van der Waals surface area (Å²) in [5.41, 5.74) is 1.77. The lowest BCUT2D eigenvalue weighted by atomic mass is 10.1. The van der Waals surface area contributed by atoms with E-state index in [1.807, 2.05) is 38.2 Å². The van der Waals surface area contributed by atoms with Crippen molar-refractivity contribution in [2.24, 2.45) is 4.99 Å². The van der Waals surface area contributed by atoms with Crippen molar-refractivity contribution < 1.29 is 4.79 Å². The van der Waals surface area contributed by atoms with E-state index >= 15 is 0 Å². The molecule has 0 spiro atoms. The van der Waals surface area contributed by atoms with Crippen LogP contribution in [0.4, 0.5) is 0 Å². The average molecular weight is 446 g/mol. The number of amides is 1. The third-order valence-electron chi connectivity index (χ3n) is 3.60. The molecule has 6 heteroatoms. The highest BCUT2D eigenvalue weighted by Crippen LogP contribution is 2.06. The molecule has 0 aromatic heterocycles. The summed E-state index contributed by atoms with van der Waals surface area (Å²) in [7, 11) is 3.83. The highest BCUT2D eigenvalue weighted by molar-refractivity contribution is 14.0. The van der Waals surface area contributed by atoms with Crippen LogP contribution in [0.5, 0.6) is 0 Å². The fourth-order valence-corrected chi connectivity index (χ4v) is 2.23. The molecule has 0 bridgehead atoms. The molecule has 1 rings (SSSR count). The van der Waals surface area contributed by atoms with Gasteiger partial charge in [-0.3, -0.25) is 9.79 Å². The Morgan fingerprint density at radius 3 is 2.58 bits per heavy atom. The van der Waals surface area contributed by atoms with Crippen LogP contribution in [0, 0.1) is 0 Å². The molecule has 0 atom stereocenters. The molecule has 0 saturated heterocycles. The largest absolute Gasteiger partial charge is 0.352 e. The molecule has 0 heterocycles. The Labute approximate surface area is 163 Å². The molecule has 0 aliphatic heterocycles. The van der Waals surface area contributed by atoms with Gasteiger partial charge in [0.05, 0.1) is 0 Å². The molecule has 2 N–H and O–H groups in total. The summed E-state index contributed by atoms with van der Waals surface area (Å²) >= 11 is 0. The Morgan fingerprint density at radius 1 is 1.21 bits per heavy atom. The number of halogens is 1. The molecule has 0 fully saturated rings. The van der Waals surface area contributed by atoms with Crippen LogP contribution in [0.2, 0.25) is 0 Å². The molecule has 0 radical (unpaired) electrons. The van der Waals surface area contributed by atoms with Crippen LogP contribution in [0.15, 0.2) is 29.3 Å². The zero-order valence-electron chi connectivity index (χ0n) is 15.3. The van der Waals surface area contributed by atoms with Crippen molar-refractivity contribution in [3.63, 3.8) is 0 Å². The monoisotopic (exact) mass is 446 g/mol. The van der Waals surface area contributed by atoms with Gasteiger partial charge in [0.2, 0.25) is 0 Å². The number of guanidine groups is 1. The first-order valence-corrected chi connectivity index (χ1v) is 8.41. The van der Waals surface area contributed by atoms with E-state index in [1.54, 1.807) is 7.05 Å². The van der Waals surface area contributed by atoms with E-state index < -0.39 is 0 Å². The van der Waals surface area contributed by atoms with Crippen molar-refractivity contribution in [1.82, 2.24) is 15.5 Å². The van der Waals surface area contributed by atoms with E-state index in [9.17, 15) is 4.79 Å². The van der Waals surface area contributed by atoms with Crippen molar-refractivity contribution in [1.29, 1.82) is 0 Å². The smallest absolute Gasteiger partial charge is 0.251 e. The molecule has 1 aromatic rings. The van der Waals surface area contributed by atoms with Gasteiger partial charge in [0.15, 0.2) is 5.96 Å². The summed E-state index contributed by atoms with van der Waals surface area (Å²) in [6, 6.07) is 7.71. The molecule has 0 aliphatic rings. The fourth-order valence-electron chi connectivity index (χ4n) is 2.23. The maximum absolute atomic E-state index is 12.0. The highest BCUT2D eigenvalue weighted by Gasteiger charge is 2.07. The van der Waals surface area contributed by atoms with Gasteiger partial charge in [-0.25, -0.2) is 0 Å². The van der Waals surface area contributed by atoms with E-state index in [4.69, 9.17) is 0 Å². The summed E-state index contributed by atoms with van der Waals surface area (Å²) in [6.45, 7) is 6.56. The first-order valence-electron chi connectivity index (χ1n) is 8.41. The zero-order valence-corrected chi connectivity index (χ0v) is 17.6. The van der Waals surface area contributed by atoms with Crippen molar-refractivity contribution in [2.75, 3.05) is 27.2 Å². The van der Waals surface area contributed by atoms with Crippen LogP contribution < -0.4 is 10.6 Å². The van der Waals surface area contributed by atoms with E-state index in [1.165, 1.54) is 0 Å². The minimum absolute atomic E-state index is 0. The quantitative estimate of drug-likeness (QED) is 0.366. The van der Waals surface area contributed by atoms with Gasteiger partial charge >= 0.3 is 0 Å². The number of rotatable bonds is 8. The lowest BCUT2D eigenvalue weighted by molar-refractivity contribution is 0.0953. The van der Waals surface area contributed by atoms with Crippen molar-refractivity contribution in [2.45, 2.75) is 39.7 Å². The van der Waals surface area contributed by atoms with Gasteiger partial charge in [-0.15, -0.1) is 24.0 Å². The predicted octanol–water partition coefficient (Wildman–Crippen LogP) is 3.25. The third kappa shape index (κ3) is 7.99. The Bertz CT molecular complexity index is 519. The van der Waals surface area contributed by atoms with Crippen LogP contribution in [0.25, 0.3) is 0 Å². The van der Waals surface area contributed by atoms with Gasteiger partial charge in [-0.2, -0.15) is 0 Å². The minimum atomic E-state index is -0.0156. The van der Waals surface area contributed by atoms with E-state index in [-0.39, 0.29) is 29.9 Å². The van der Waals surface area contributed by atoms with Gasteiger partial charge in [-0.05, 0) is 30.5 Å². The second-order valence-electron chi connectivity index (χ2n) is 5.63. The maximum Gasteiger partial charge on any atom is 0.251 e. The maximum atomic E-state index is 12.0. The van der Waals surface area contributed by atoms with Gasteiger partial charge in [0.25, 0.3) is 5.91 Å². The van der Waals surface area contributed by atoms with E-state index in [2.05, 4.69) is 27.4 Å². The number of unbranched alkanes of at least 4 members (excludes halogenated alkanes) is 1. The summed E-state index contributed by atoms with van der Waals surface area (Å²) in [5.74, 6) is 0.859. The topological polar surface area (TPSA) is 56.7 Å². The Kier molecular flexibility index (Phi) is 12.3. The second-order valence-corrected chi connectivity index (χ2v) is 5.63. The average Bonchev–Trinajstić information content (AvgIpc) is 2.58. The number of aliphatic imine (C=N–C) groups is 1. The van der Waals surface area contributed by atoms with E-state index in [0.29, 0.717) is 18.7 Å². The van der Waals surface area contributed by atoms with Crippen LogP contribution in [-0.4, -0.2) is 44.0 Å². The molecular formula is C18H31IN4O. The molecule has 0 aliphatic carbocycles. The molecule has 0 unspecified atom stereocenters. The number of hydrogen-bond acceptors (Lipinski definition) is 2. The number of carbonyl (C=O) groups excluding carboxylic acids is 1. The van der Waals surface area contributed by atoms with Gasteiger partial charge in [0.1, 0.15) is 0 Å². The fraction of sp³-hybridized carbons (Fsp3) is 0.556. The number of carbonyl (C=O) groups is 1. The van der Waals surface area contributed by atoms with Gasteiger partial charge < -0.3 is 15.5 Å². The number of nitrogens with one attached hydrogen (secondary N) is 2. The molecular weight excluding hydrogens is 415 g/mol. The first kappa shape index (κ1) is 22.7. The Balaban J connectivity index is 0.00000529. The number of benzene rings is 1. The molecule has 1 aromatic carbocycles. The van der Waals surface area contributed by atoms with Crippen LogP contribution in [-0.2, 0) is 6.54 Å².